The van der Waals surface area contributed by atoms with Crippen LogP contribution in [0.25, 0.3) is 0 Å². The number of carbonyl (C=O) groups excluding carboxylic acids is 1. The summed E-state index contributed by atoms with van der Waals surface area (Å²) in [5.74, 6) is 2.38. The van der Waals surface area contributed by atoms with Gasteiger partial charge in [0.15, 0.2) is 5.78 Å². The topological polar surface area (TPSA) is 57.5 Å². The maximum absolute atomic E-state index is 12.4. The van der Waals surface area contributed by atoms with E-state index >= 15 is 0 Å². The summed E-state index contributed by atoms with van der Waals surface area (Å²) in [6.45, 7) is 11.2. The third-order valence-electron chi connectivity index (χ3n) is 9.56. The molecular formula is C27H42O3. The Morgan fingerprint density at radius 1 is 1.17 bits per heavy atom. The van der Waals surface area contributed by atoms with E-state index in [0.29, 0.717) is 30.1 Å². The molecule has 0 spiro atoms. The Hall–Kier alpha value is -0.930. The minimum atomic E-state index is -0.308. The number of carbonyl (C=O) groups is 1. The van der Waals surface area contributed by atoms with Gasteiger partial charge in [0.1, 0.15) is 0 Å². The first kappa shape index (κ1) is 22.3. The van der Waals surface area contributed by atoms with E-state index in [9.17, 15) is 15.0 Å². The quantitative estimate of drug-likeness (QED) is 0.474. The minimum absolute atomic E-state index is 0.0408. The van der Waals surface area contributed by atoms with E-state index in [1.54, 1.807) is 5.57 Å². The van der Waals surface area contributed by atoms with Crippen molar-refractivity contribution in [2.75, 3.05) is 0 Å². The van der Waals surface area contributed by atoms with E-state index in [1.807, 2.05) is 6.08 Å². The first-order chi connectivity index (χ1) is 14.1. The second kappa shape index (κ2) is 7.89. The molecule has 0 saturated heterocycles. The minimum Gasteiger partial charge on any atom is -0.393 e. The Bertz CT molecular complexity index is 749. The van der Waals surface area contributed by atoms with Crippen LogP contribution in [0.15, 0.2) is 23.3 Å². The predicted octanol–water partition coefficient (Wildman–Crippen LogP) is 5.46. The Morgan fingerprint density at radius 2 is 1.90 bits per heavy atom. The first-order valence-electron chi connectivity index (χ1n) is 12.3. The van der Waals surface area contributed by atoms with Crippen LogP contribution in [0.3, 0.4) is 0 Å². The molecule has 3 heteroatoms. The zero-order valence-electron chi connectivity index (χ0n) is 19.7. The number of aliphatic hydroxyl groups excluding tert-OH is 2. The fourth-order valence-corrected chi connectivity index (χ4v) is 8.12. The Morgan fingerprint density at radius 3 is 2.60 bits per heavy atom. The molecule has 4 aliphatic rings. The highest BCUT2D eigenvalue weighted by atomic mass is 16.3. The van der Waals surface area contributed by atoms with E-state index in [4.69, 9.17) is 0 Å². The molecule has 8 atom stereocenters. The average Bonchev–Trinajstić information content (AvgIpc) is 3.00. The number of hydrogen-bond acceptors (Lipinski definition) is 3. The number of rotatable bonds is 4. The van der Waals surface area contributed by atoms with Gasteiger partial charge in [0.25, 0.3) is 0 Å². The third-order valence-corrected chi connectivity index (χ3v) is 9.56. The molecule has 0 aliphatic heterocycles. The van der Waals surface area contributed by atoms with Crippen LogP contribution >= 0.6 is 0 Å². The molecule has 3 fully saturated rings. The number of aliphatic hydroxyl groups is 2. The van der Waals surface area contributed by atoms with Crippen molar-refractivity contribution in [3.63, 3.8) is 0 Å². The Balaban J connectivity index is 1.61. The van der Waals surface area contributed by atoms with Gasteiger partial charge in [-0.2, -0.15) is 0 Å². The second-order valence-corrected chi connectivity index (χ2v) is 11.9. The van der Waals surface area contributed by atoms with Crippen molar-refractivity contribution in [2.45, 2.75) is 98.2 Å². The van der Waals surface area contributed by atoms with Crippen molar-refractivity contribution in [1.82, 2.24) is 0 Å². The maximum atomic E-state index is 12.4. The van der Waals surface area contributed by atoms with Crippen LogP contribution < -0.4 is 0 Å². The molecule has 30 heavy (non-hydrogen) atoms. The highest BCUT2D eigenvalue weighted by Crippen LogP contribution is 2.66. The molecule has 0 aromatic heterocycles. The van der Waals surface area contributed by atoms with Gasteiger partial charge >= 0.3 is 0 Å². The van der Waals surface area contributed by atoms with E-state index in [-0.39, 0.29) is 34.7 Å². The molecule has 0 heterocycles. The molecular weight excluding hydrogens is 372 g/mol. The zero-order chi connectivity index (χ0) is 21.8. The fourth-order valence-electron chi connectivity index (χ4n) is 8.12. The maximum Gasteiger partial charge on any atom is 0.155 e. The van der Waals surface area contributed by atoms with Gasteiger partial charge in [-0.25, -0.2) is 0 Å². The largest absolute Gasteiger partial charge is 0.393 e. The lowest BCUT2D eigenvalue weighted by atomic mass is 9.48. The first-order valence-corrected chi connectivity index (χ1v) is 12.3. The number of ketones is 1. The lowest BCUT2D eigenvalue weighted by Crippen LogP contribution is -2.53. The molecule has 0 amide bonds. The molecule has 0 radical (unpaired) electrons. The Kier molecular flexibility index (Phi) is 5.85. The second-order valence-electron chi connectivity index (χ2n) is 11.9. The summed E-state index contributed by atoms with van der Waals surface area (Å²) in [4.78, 5) is 12.4. The summed E-state index contributed by atoms with van der Waals surface area (Å²) in [6, 6.07) is 0. The molecule has 3 nitrogen and oxygen atoms in total. The van der Waals surface area contributed by atoms with Gasteiger partial charge in [0, 0.05) is 6.42 Å². The van der Waals surface area contributed by atoms with E-state index in [1.165, 1.54) is 12.0 Å². The van der Waals surface area contributed by atoms with Gasteiger partial charge in [0.05, 0.1) is 12.2 Å². The van der Waals surface area contributed by atoms with Gasteiger partial charge in [-0.3, -0.25) is 4.79 Å². The summed E-state index contributed by atoms with van der Waals surface area (Å²) >= 11 is 0. The van der Waals surface area contributed by atoms with Crippen molar-refractivity contribution in [3.8, 4) is 0 Å². The molecule has 168 valence electrons. The standard InChI is InChI=1S/C27H42O3/c1-16(2)12-19(29)13-17(3)21-6-7-22-20-15-25(30)24-14-18(28)8-10-27(24,5)23(20)9-11-26(21,22)4/h9,13,16,18,20-22,24-25,28,30H,6-8,10-12,14-15H2,1-5H3/b17-13+/t18-,20-,21+,22-,24+,25-,26+,27+/m0/s1. The highest BCUT2D eigenvalue weighted by Gasteiger charge is 2.59. The summed E-state index contributed by atoms with van der Waals surface area (Å²) in [5, 5.41) is 21.3. The van der Waals surface area contributed by atoms with Gasteiger partial charge in [-0.05, 0) is 98.4 Å². The van der Waals surface area contributed by atoms with E-state index in [0.717, 1.165) is 38.5 Å². The zero-order valence-corrected chi connectivity index (χ0v) is 19.7. The molecule has 4 aliphatic carbocycles. The van der Waals surface area contributed by atoms with Crippen molar-refractivity contribution in [2.24, 2.45) is 40.4 Å². The highest BCUT2D eigenvalue weighted by molar-refractivity contribution is 5.90. The normalized spacial score (nSPS) is 46.1. The number of hydrogen-bond donors (Lipinski definition) is 2. The van der Waals surface area contributed by atoms with Crippen LogP contribution in [0, 0.1) is 40.4 Å². The summed E-state index contributed by atoms with van der Waals surface area (Å²) in [7, 11) is 0. The smallest absolute Gasteiger partial charge is 0.155 e. The van der Waals surface area contributed by atoms with Crippen LogP contribution in [-0.2, 0) is 4.79 Å². The fraction of sp³-hybridized carbons (Fsp3) is 0.815. The predicted molar refractivity (Wildman–Crippen MR) is 121 cm³/mol. The number of fused-ring (bicyclic) bond motifs is 5. The SMILES string of the molecule is C/C(=C\C(=O)CC(C)C)[C@H]1CC[C@H]2[C@@H]3C[C@H](O)[C@H]4C[C@@H](O)CC[C@]4(C)C3=CC[C@]12C. The molecule has 0 bridgehead atoms. The lowest BCUT2D eigenvalue weighted by Gasteiger charge is -2.58. The Labute approximate surface area is 183 Å². The van der Waals surface area contributed by atoms with Gasteiger partial charge < -0.3 is 10.2 Å². The average molecular weight is 415 g/mol. The monoisotopic (exact) mass is 414 g/mol. The van der Waals surface area contributed by atoms with Crippen LogP contribution in [0.1, 0.15) is 86.0 Å². The third kappa shape index (κ3) is 3.54. The van der Waals surface area contributed by atoms with E-state index in [2.05, 4.69) is 40.7 Å². The summed E-state index contributed by atoms with van der Waals surface area (Å²) < 4.78 is 0. The molecule has 0 unspecified atom stereocenters. The molecule has 0 aromatic carbocycles. The van der Waals surface area contributed by atoms with Crippen molar-refractivity contribution >= 4 is 5.78 Å². The summed E-state index contributed by atoms with van der Waals surface area (Å²) in [5.41, 5.74) is 3.08. The van der Waals surface area contributed by atoms with Crippen molar-refractivity contribution in [3.05, 3.63) is 23.3 Å². The van der Waals surface area contributed by atoms with Crippen LogP contribution in [0.2, 0.25) is 0 Å². The molecule has 4 rings (SSSR count). The van der Waals surface area contributed by atoms with Crippen LogP contribution in [-0.4, -0.2) is 28.2 Å². The van der Waals surface area contributed by atoms with E-state index < -0.39 is 0 Å². The van der Waals surface area contributed by atoms with Crippen molar-refractivity contribution in [1.29, 1.82) is 0 Å². The molecule has 2 N–H and O–H groups in total. The van der Waals surface area contributed by atoms with Crippen molar-refractivity contribution < 1.29 is 15.0 Å². The van der Waals surface area contributed by atoms with Crippen LogP contribution in [0.4, 0.5) is 0 Å². The van der Waals surface area contributed by atoms with Gasteiger partial charge in [0.2, 0.25) is 0 Å². The molecule has 3 saturated carbocycles. The summed E-state index contributed by atoms with van der Waals surface area (Å²) in [6.07, 6.45) is 11.4. The number of allylic oxidation sites excluding steroid dienone is 4. The van der Waals surface area contributed by atoms with Gasteiger partial charge in [-0.15, -0.1) is 0 Å². The lowest BCUT2D eigenvalue weighted by molar-refractivity contribution is -0.115. The van der Waals surface area contributed by atoms with Gasteiger partial charge in [-0.1, -0.05) is 44.9 Å². The van der Waals surface area contributed by atoms with Crippen LogP contribution in [0.5, 0.6) is 0 Å². The molecule has 0 aromatic rings.